The van der Waals surface area contributed by atoms with E-state index in [1.807, 2.05) is 30.3 Å². The van der Waals surface area contributed by atoms with Crippen molar-refractivity contribution in [3.8, 4) is 5.75 Å². The SMILES string of the molecule is COCCOc1ccc(C(=O)NC(=S)Nc2ccccc2C(=O)NCc2ccccc2)cc1Br. The Balaban J connectivity index is 1.60. The van der Waals surface area contributed by atoms with Gasteiger partial charge in [-0.15, -0.1) is 0 Å². The molecule has 0 saturated carbocycles. The molecule has 0 radical (unpaired) electrons. The summed E-state index contributed by atoms with van der Waals surface area (Å²) in [6.07, 6.45) is 0. The summed E-state index contributed by atoms with van der Waals surface area (Å²) in [4.78, 5) is 25.4. The lowest BCUT2D eigenvalue weighted by molar-refractivity contribution is 0.0950. The number of methoxy groups -OCH3 is 1. The third kappa shape index (κ3) is 7.38. The zero-order valence-electron chi connectivity index (χ0n) is 18.5. The molecule has 0 saturated heterocycles. The van der Waals surface area contributed by atoms with Gasteiger partial charge in [-0.25, -0.2) is 0 Å². The van der Waals surface area contributed by atoms with E-state index in [2.05, 4.69) is 31.9 Å². The fourth-order valence-corrected chi connectivity index (χ4v) is 3.68. The molecule has 7 nitrogen and oxygen atoms in total. The van der Waals surface area contributed by atoms with Crippen LogP contribution >= 0.6 is 28.1 Å². The Morgan fingerprint density at radius 1 is 0.941 bits per heavy atom. The van der Waals surface area contributed by atoms with Crippen LogP contribution in [0.2, 0.25) is 0 Å². The van der Waals surface area contributed by atoms with Gasteiger partial charge >= 0.3 is 0 Å². The van der Waals surface area contributed by atoms with Crippen LogP contribution in [-0.4, -0.2) is 37.3 Å². The van der Waals surface area contributed by atoms with Gasteiger partial charge < -0.3 is 20.1 Å². The summed E-state index contributed by atoms with van der Waals surface area (Å²) >= 11 is 8.71. The molecule has 3 N–H and O–H groups in total. The number of nitrogens with one attached hydrogen (secondary N) is 3. The first kappa shape index (κ1) is 25.4. The van der Waals surface area contributed by atoms with Crippen molar-refractivity contribution < 1.29 is 19.1 Å². The number of hydrogen-bond donors (Lipinski definition) is 3. The van der Waals surface area contributed by atoms with E-state index in [-0.39, 0.29) is 11.0 Å². The number of thiocarbonyl (C=S) groups is 1. The average molecular weight is 542 g/mol. The minimum absolute atomic E-state index is 0.0739. The quantitative estimate of drug-likeness (QED) is 0.272. The van der Waals surface area contributed by atoms with Crippen molar-refractivity contribution >= 4 is 50.8 Å². The van der Waals surface area contributed by atoms with Crippen LogP contribution in [0, 0.1) is 0 Å². The molecule has 0 aliphatic heterocycles. The minimum atomic E-state index is -0.396. The Bertz CT molecular complexity index is 1160. The lowest BCUT2D eigenvalue weighted by Gasteiger charge is -2.14. The third-order valence-electron chi connectivity index (χ3n) is 4.68. The maximum absolute atomic E-state index is 12.7. The van der Waals surface area contributed by atoms with Crippen molar-refractivity contribution in [1.29, 1.82) is 0 Å². The highest BCUT2D eigenvalue weighted by Gasteiger charge is 2.14. The molecule has 3 rings (SSSR count). The second-order valence-corrected chi connectivity index (χ2v) is 8.37. The molecule has 3 aromatic rings. The number of hydrogen-bond acceptors (Lipinski definition) is 5. The molecule has 34 heavy (non-hydrogen) atoms. The Hall–Kier alpha value is -3.27. The molecule has 0 heterocycles. The summed E-state index contributed by atoms with van der Waals surface area (Å²) in [6.45, 7) is 1.25. The molecule has 0 aliphatic rings. The van der Waals surface area contributed by atoms with Gasteiger partial charge in [0.05, 0.1) is 22.3 Å². The zero-order chi connectivity index (χ0) is 24.3. The molecular formula is C25H24BrN3O4S. The highest BCUT2D eigenvalue weighted by molar-refractivity contribution is 9.10. The Kier molecular flexibility index (Phi) is 9.57. The smallest absolute Gasteiger partial charge is 0.257 e. The molecule has 3 aromatic carbocycles. The highest BCUT2D eigenvalue weighted by atomic mass is 79.9. The lowest BCUT2D eigenvalue weighted by atomic mass is 10.1. The van der Waals surface area contributed by atoms with Gasteiger partial charge in [0, 0.05) is 19.2 Å². The van der Waals surface area contributed by atoms with Crippen LogP contribution in [0.5, 0.6) is 5.75 Å². The summed E-state index contributed by atoms with van der Waals surface area (Å²) in [5, 5.41) is 8.54. The van der Waals surface area contributed by atoms with Gasteiger partial charge in [0.15, 0.2) is 5.11 Å². The maximum atomic E-state index is 12.7. The molecule has 0 aromatic heterocycles. The molecule has 176 valence electrons. The topological polar surface area (TPSA) is 88.7 Å². The summed E-state index contributed by atoms with van der Waals surface area (Å²) in [7, 11) is 1.60. The number of para-hydroxylation sites is 1. The van der Waals surface area contributed by atoms with E-state index in [0.29, 0.717) is 46.8 Å². The molecule has 2 amide bonds. The van der Waals surface area contributed by atoms with E-state index in [9.17, 15) is 9.59 Å². The third-order valence-corrected chi connectivity index (χ3v) is 5.51. The van der Waals surface area contributed by atoms with Crippen LogP contribution in [0.3, 0.4) is 0 Å². The average Bonchev–Trinajstić information content (AvgIpc) is 2.84. The van der Waals surface area contributed by atoms with E-state index in [0.717, 1.165) is 5.56 Å². The highest BCUT2D eigenvalue weighted by Crippen LogP contribution is 2.26. The summed E-state index contributed by atoms with van der Waals surface area (Å²) in [5.74, 6) is -0.0496. The number of carbonyl (C=O) groups excluding carboxylic acids is 2. The van der Waals surface area contributed by atoms with Crippen LogP contribution < -0.4 is 20.7 Å². The van der Waals surface area contributed by atoms with Crippen molar-refractivity contribution in [2.45, 2.75) is 6.54 Å². The normalized spacial score (nSPS) is 10.3. The Labute approximate surface area is 212 Å². The number of ether oxygens (including phenoxy) is 2. The largest absolute Gasteiger partial charge is 0.490 e. The fourth-order valence-electron chi connectivity index (χ4n) is 2.99. The number of anilines is 1. The first-order valence-electron chi connectivity index (χ1n) is 10.4. The minimum Gasteiger partial charge on any atom is -0.490 e. The first-order valence-corrected chi connectivity index (χ1v) is 11.6. The van der Waals surface area contributed by atoms with Gasteiger partial charge in [0.2, 0.25) is 0 Å². The summed E-state index contributed by atoms with van der Waals surface area (Å²) in [6, 6.07) is 21.5. The van der Waals surface area contributed by atoms with Crippen molar-refractivity contribution in [2.24, 2.45) is 0 Å². The molecule has 0 atom stereocenters. The van der Waals surface area contributed by atoms with Crippen molar-refractivity contribution in [2.75, 3.05) is 25.6 Å². The maximum Gasteiger partial charge on any atom is 0.257 e. The van der Waals surface area contributed by atoms with Crippen molar-refractivity contribution in [3.05, 3.63) is 94.0 Å². The summed E-state index contributed by atoms with van der Waals surface area (Å²) in [5.41, 5.74) is 2.28. The first-order chi connectivity index (χ1) is 16.5. The van der Waals surface area contributed by atoms with Crippen LogP contribution in [0.15, 0.2) is 77.3 Å². The van der Waals surface area contributed by atoms with Gasteiger partial charge in [-0.2, -0.15) is 0 Å². The zero-order valence-corrected chi connectivity index (χ0v) is 20.9. The number of carbonyl (C=O) groups is 2. The number of rotatable bonds is 9. The lowest BCUT2D eigenvalue weighted by Crippen LogP contribution is -2.35. The monoisotopic (exact) mass is 541 g/mol. The molecular weight excluding hydrogens is 518 g/mol. The molecule has 0 bridgehead atoms. The molecule has 0 aliphatic carbocycles. The van der Waals surface area contributed by atoms with Crippen LogP contribution in [-0.2, 0) is 11.3 Å². The Morgan fingerprint density at radius 3 is 2.41 bits per heavy atom. The van der Waals surface area contributed by atoms with Gasteiger partial charge in [-0.05, 0) is 64.0 Å². The summed E-state index contributed by atoms with van der Waals surface area (Å²) < 4.78 is 11.2. The number of amides is 2. The van der Waals surface area contributed by atoms with Gasteiger partial charge in [-0.3, -0.25) is 14.9 Å². The number of halogens is 1. The van der Waals surface area contributed by atoms with Crippen LogP contribution in [0.25, 0.3) is 0 Å². The standard InChI is InChI=1S/C25H24BrN3O4S/c1-32-13-14-33-22-12-11-18(15-20(22)26)23(30)29-25(34)28-21-10-6-5-9-19(21)24(31)27-16-17-7-3-2-4-8-17/h2-12,15H,13-14,16H2,1H3,(H,27,31)(H2,28,29,30,34). The van der Waals surface area contributed by atoms with Gasteiger partial charge in [0.1, 0.15) is 12.4 Å². The molecule has 0 fully saturated rings. The predicted molar refractivity (Wildman–Crippen MR) is 139 cm³/mol. The van der Waals surface area contributed by atoms with E-state index < -0.39 is 5.91 Å². The molecule has 0 unspecified atom stereocenters. The Morgan fingerprint density at radius 2 is 1.68 bits per heavy atom. The van der Waals surface area contributed by atoms with E-state index in [1.54, 1.807) is 49.6 Å². The molecule has 0 spiro atoms. The van der Waals surface area contributed by atoms with Crippen molar-refractivity contribution in [1.82, 2.24) is 10.6 Å². The van der Waals surface area contributed by atoms with E-state index in [1.165, 1.54) is 0 Å². The predicted octanol–water partition coefficient (Wildman–Crippen LogP) is 4.53. The van der Waals surface area contributed by atoms with Gasteiger partial charge in [0.25, 0.3) is 11.8 Å². The number of benzene rings is 3. The second-order valence-electron chi connectivity index (χ2n) is 7.11. The second kappa shape index (κ2) is 12.8. The van der Waals surface area contributed by atoms with E-state index in [4.69, 9.17) is 21.7 Å². The van der Waals surface area contributed by atoms with E-state index >= 15 is 0 Å². The van der Waals surface area contributed by atoms with Crippen LogP contribution in [0.4, 0.5) is 5.69 Å². The molecule has 9 heteroatoms. The van der Waals surface area contributed by atoms with Crippen molar-refractivity contribution in [3.63, 3.8) is 0 Å². The van der Waals surface area contributed by atoms with Crippen LogP contribution in [0.1, 0.15) is 26.3 Å². The fraction of sp³-hybridized carbons (Fsp3) is 0.160. The van der Waals surface area contributed by atoms with Gasteiger partial charge in [-0.1, -0.05) is 42.5 Å².